The summed E-state index contributed by atoms with van der Waals surface area (Å²) >= 11 is 2.01. The topological polar surface area (TPSA) is 78.4 Å². The van der Waals surface area contributed by atoms with Gasteiger partial charge < -0.3 is 15.7 Å². The molecule has 0 bridgehead atoms. The molecular formula is C12H11IN2O3. The molecule has 0 atom stereocenters. The van der Waals surface area contributed by atoms with E-state index in [0.29, 0.717) is 18.7 Å². The zero-order valence-electron chi connectivity index (χ0n) is 9.37. The van der Waals surface area contributed by atoms with E-state index in [9.17, 15) is 9.59 Å². The van der Waals surface area contributed by atoms with Crippen LogP contribution in [0.5, 0.6) is 0 Å². The van der Waals surface area contributed by atoms with Crippen molar-refractivity contribution in [2.75, 3.05) is 11.9 Å². The first-order chi connectivity index (χ1) is 8.54. The number of benzene rings is 1. The summed E-state index contributed by atoms with van der Waals surface area (Å²) in [6.07, 6.45) is 5.50. The second kappa shape index (κ2) is 6.86. The number of amides is 2. The highest BCUT2D eigenvalue weighted by Crippen LogP contribution is 2.19. The molecule has 0 aliphatic rings. The molecule has 1 aromatic rings. The van der Waals surface area contributed by atoms with Gasteiger partial charge in [-0.3, -0.25) is 0 Å². The minimum Gasteiger partial charge on any atom is -0.478 e. The standard InChI is InChI=1S/C12H11IN2O3/c1-2-3-6-14-12(18)15-10-7-8(11(16)17)4-5-9(10)13/h1,4-5,7H,3,6H2,(H,16,17)(H2,14,15,18). The Morgan fingerprint density at radius 2 is 2.17 bits per heavy atom. The van der Waals surface area contributed by atoms with Gasteiger partial charge in [0, 0.05) is 16.5 Å². The van der Waals surface area contributed by atoms with Gasteiger partial charge >= 0.3 is 12.0 Å². The lowest BCUT2D eigenvalue weighted by atomic mass is 10.2. The van der Waals surface area contributed by atoms with Gasteiger partial charge in [-0.15, -0.1) is 12.3 Å². The normalized spacial score (nSPS) is 9.33. The zero-order chi connectivity index (χ0) is 13.5. The molecule has 0 saturated carbocycles. The van der Waals surface area contributed by atoms with E-state index in [1.807, 2.05) is 22.6 Å². The van der Waals surface area contributed by atoms with Crippen molar-refractivity contribution >= 4 is 40.3 Å². The number of hydrogen-bond donors (Lipinski definition) is 3. The molecule has 0 saturated heterocycles. The number of carbonyl (C=O) groups excluding carboxylic acids is 1. The van der Waals surface area contributed by atoms with Crippen molar-refractivity contribution in [2.24, 2.45) is 0 Å². The number of terminal acetylenes is 1. The molecule has 1 aromatic carbocycles. The highest BCUT2D eigenvalue weighted by Gasteiger charge is 2.09. The quantitative estimate of drug-likeness (QED) is 0.438. The molecule has 2 amide bonds. The molecule has 0 unspecified atom stereocenters. The Hall–Kier alpha value is -1.75. The number of hydrogen-bond acceptors (Lipinski definition) is 2. The largest absolute Gasteiger partial charge is 0.478 e. The molecule has 6 heteroatoms. The van der Waals surface area contributed by atoms with Gasteiger partial charge in [0.1, 0.15) is 0 Å². The van der Waals surface area contributed by atoms with Crippen LogP contribution < -0.4 is 10.6 Å². The van der Waals surface area contributed by atoms with Crippen molar-refractivity contribution in [3.63, 3.8) is 0 Å². The van der Waals surface area contributed by atoms with Crippen LogP contribution in [0.4, 0.5) is 10.5 Å². The van der Waals surface area contributed by atoms with E-state index >= 15 is 0 Å². The molecule has 0 aliphatic heterocycles. The summed E-state index contributed by atoms with van der Waals surface area (Å²) in [4.78, 5) is 22.3. The van der Waals surface area contributed by atoms with Gasteiger partial charge in [-0.2, -0.15) is 0 Å². The number of carbonyl (C=O) groups is 2. The first-order valence-corrected chi connectivity index (χ1v) is 6.13. The summed E-state index contributed by atoms with van der Waals surface area (Å²) < 4.78 is 0.754. The summed E-state index contributed by atoms with van der Waals surface area (Å²) in [6.45, 7) is 0.373. The first-order valence-electron chi connectivity index (χ1n) is 5.05. The van der Waals surface area contributed by atoms with E-state index in [4.69, 9.17) is 11.5 Å². The van der Waals surface area contributed by atoms with Crippen molar-refractivity contribution in [1.82, 2.24) is 5.32 Å². The fraction of sp³-hybridized carbons (Fsp3) is 0.167. The van der Waals surface area contributed by atoms with Crippen LogP contribution in [0.25, 0.3) is 0 Å². The van der Waals surface area contributed by atoms with Crippen LogP contribution >= 0.6 is 22.6 Å². The predicted octanol–water partition coefficient (Wildman–Crippen LogP) is 2.13. The van der Waals surface area contributed by atoms with Gasteiger partial charge in [-0.25, -0.2) is 9.59 Å². The molecule has 18 heavy (non-hydrogen) atoms. The SMILES string of the molecule is C#CCCNC(=O)Nc1cc(C(=O)O)ccc1I. The second-order valence-corrected chi connectivity index (χ2v) is 4.50. The van der Waals surface area contributed by atoms with Crippen LogP contribution in [0.15, 0.2) is 18.2 Å². The van der Waals surface area contributed by atoms with E-state index in [2.05, 4.69) is 16.6 Å². The molecule has 5 nitrogen and oxygen atoms in total. The van der Waals surface area contributed by atoms with Crippen molar-refractivity contribution in [1.29, 1.82) is 0 Å². The number of halogens is 1. The molecule has 1 rings (SSSR count). The van der Waals surface area contributed by atoms with Crippen molar-refractivity contribution < 1.29 is 14.7 Å². The molecule has 0 aromatic heterocycles. The molecule has 0 aliphatic carbocycles. The van der Waals surface area contributed by atoms with Crippen LogP contribution in [-0.4, -0.2) is 23.7 Å². The fourth-order valence-corrected chi connectivity index (χ4v) is 1.64. The van der Waals surface area contributed by atoms with Gasteiger partial charge in [0.05, 0.1) is 11.3 Å². The molecule has 94 valence electrons. The van der Waals surface area contributed by atoms with Crippen LogP contribution in [0.3, 0.4) is 0 Å². The van der Waals surface area contributed by atoms with Gasteiger partial charge in [0.15, 0.2) is 0 Å². The summed E-state index contributed by atoms with van der Waals surface area (Å²) in [7, 11) is 0. The van der Waals surface area contributed by atoms with Crippen LogP contribution in [0.1, 0.15) is 16.8 Å². The van der Waals surface area contributed by atoms with E-state index in [0.717, 1.165) is 3.57 Å². The van der Waals surface area contributed by atoms with Crippen molar-refractivity contribution in [2.45, 2.75) is 6.42 Å². The van der Waals surface area contributed by atoms with Crippen molar-refractivity contribution in [3.8, 4) is 12.3 Å². The maximum Gasteiger partial charge on any atom is 0.335 e. The number of nitrogens with one attached hydrogen (secondary N) is 2. The van der Waals surface area contributed by atoms with Crippen molar-refractivity contribution in [3.05, 3.63) is 27.3 Å². The third kappa shape index (κ3) is 4.25. The Labute approximate surface area is 118 Å². The number of urea groups is 1. The minimum absolute atomic E-state index is 0.120. The molecule has 3 N–H and O–H groups in total. The average Bonchev–Trinajstić information content (AvgIpc) is 2.32. The highest BCUT2D eigenvalue weighted by molar-refractivity contribution is 14.1. The molecule has 0 fully saturated rings. The van der Waals surface area contributed by atoms with Crippen LogP contribution in [-0.2, 0) is 0 Å². The summed E-state index contributed by atoms with van der Waals surface area (Å²) in [5, 5.41) is 14.0. The summed E-state index contributed by atoms with van der Waals surface area (Å²) in [5.41, 5.74) is 0.572. The first kappa shape index (κ1) is 14.3. The van der Waals surface area contributed by atoms with Gasteiger partial charge in [0.2, 0.25) is 0 Å². The monoisotopic (exact) mass is 358 g/mol. The van der Waals surface area contributed by atoms with Gasteiger partial charge in [0.25, 0.3) is 0 Å². The predicted molar refractivity (Wildman–Crippen MR) is 76.6 cm³/mol. The molecule has 0 radical (unpaired) electrons. The average molecular weight is 358 g/mol. The molecule has 0 heterocycles. The number of rotatable bonds is 4. The lowest BCUT2D eigenvalue weighted by Crippen LogP contribution is -2.29. The fourth-order valence-electron chi connectivity index (χ4n) is 1.17. The maximum atomic E-state index is 11.5. The number of carboxylic acids is 1. The third-order valence-electron chi connectivity index (χ3n) is 2.02. The maximum absolute atomic E-state index is 11.5. The third-order valence-corrected chi connectivity index (χ3v) is 2.96. The summed E-state index contributed by atoms with van der Waals surface area (Å²) in [5.74, 6) is 1.36. The Morgan fingerprint density at radius 3 is 2.78 bits per heavy atom. The lowest BCUT2D eigenvalue weighted by molar-refractivity contribution is 0.0697. The number of anilines is 1. The van der Waals surface area contributed by atoms with Gasteiger partial charge in [-0.1, -0.05) is 0 Å². The lowest BCUT2D eigenvalue weighted by Gasteiger charge is -2.09. The van der Waals surface area contributed by atoms with E-state index in [1.54, 1.807) is 6.07 Å². The number of carboxylic acid groups (broad SMARTS) is 1. The Kier molecular flexibility index (Phi) is 5.45. The minimum atomic E-state index is -1.04. The number of aromatic carboxylic acids is 1. The van der Waals surface area contributed by atoms with E-state index in [1.165, 1.54) is 12.1 Å². The zero-order valence-corrected chi connectivity index (χ0v) is 11.5. The van der Waals surface area contributed by atoms with E-state index < -0.39 is 12.0 Å². The van der Waals surface area contributed by atoms with Gasteiger partial charge in [-0.05, 0) is 40.8 Å². The molecular weight excluding hydrogens is 347 g/mol. The smallest absolute Gasteiger partial charge is 0.335 e. The van der Waals surface area contributed by atoms with E-state index in [-0.39, 0.29) is 5.56 Å². The summed E-state index contributed by atoms with van der Waals surface area (Å²) in [6, 6.07) is 4.10. The molecule has 0 spiro atoms. The van der Waals surface area contributed by atoms with Crippen LogP contribution in [0, 0.1) is 15.9 Å². The highest BCUT2D eigenvalue weighted by atomic mass is 127. The Bertz CT molecular complexity index is 509. The van der Waals surface area contributed by atoms with Crippen LogP contribution in [0.2, 0.25) is 0 Å². The second-order valence-electron chi connectivity index (χ2n) is 3.33. The Balaban J connectivity index is 2.72. The Morgan fingerprint density at radius 1 is 1.44 bits per heavy atom.